The van der Waals surface area contributed by atoms with E-state index in [1.54, 1.807) is 24.3 Å². The van der Waals surface area contributed by atoms with E-state index in [0.717, 1.165) is 11.4 Å². The number of anilines is 1. The third-order valence-electron chi connectivity index (χ3n) is 3.96. The number of aryl methyl sites for hydroxylation is 1. The number of carbonyl (C=O) groups excluding carboxylic acids is 2. The van der Waals surface area contributed by atoms with E-state index in [9.17, 15) is 9.59 Å². The molecule has 0 spiro atoms. The van der Waals surface area contributed by atoms with Crippen molar-refractivity contribution in [1.82, 2.24) is 0 Å². The second kappa shape index (κ2) is 9.15. The minimum Gasteiger partial charge on any atom is -0.459 e. The number of rotatable bonds is 7. The molecule has 0 fully saturated rings. The number of quaternary nitrogens is 1. The van der Waals surface area contributed by atoms with E-state index in [4.69, 9.17) is 4.74 Å². The Morgan fingerprint density at radius 1 is 1.08 bits per heavy atom. The topological polar surface area (TPSA) is 59.8 Å². The van der Waals surface area contributed by atoms with Gasteiger partial charge in [0, 0.05) is 11.3 Å². The van der Waals surface area contributed by atoms with Crippen LogP contribution in [0.15, 0.2) is 48.5 Å². The van der Waals surface area contributed by atoms with E-state index < -0.39 is 0 Å². The van der Waals surface area contributed by atoms with Gasteiger partial charge in [0.25, 0.3) is 5.91 Å². The normalized spacial score (nSPS) is 11.9. The molecule has 1 amide bonds. The van der Waals surface area contributed by atoms with Crippen molar-refractivity contribution < 1.29 is 19.2 Å². The second-order valence-corrected chi connectivity index (χ2v) is 6.82. The van der Waals surface area contributed by atoms with Crippen LogP contribution in [-0.4, -0.2) is 31.6 Å². The SMILES string of the molecule is Cc1ccccc1C[NH+](C)CC(=O)Nc1ccc(C(=O)OC(C)C)cc1. The van der Waals surface area contributed by atoms with Crippen LogP contribution in [0.4, 0.5) is 5.69 Å². The van der Waals surface area contributed by atoms with E-state index in [2.05, 4.69) is 24.4 Å². The number of benzene rings is 2. The van der Waals surface area contributed by atoms with E-state index in [1.807, 2.05) is 33.0 Å². The van der Waals surface area contributed by atoms with Gasteiger partial charge in [0.2, 0.25) is 0 Å². The van der Waals surface area contributed by atoms with Crippen molar-refractivity contribution in [2.45, 2.75) is 33.4 Å². The Labute approximate surface area is 155 Å². The zero-order chi connectivity index (χ0) is 19.1. The Morgan fingerprint density at radius 3 is 2.35 bits per heavy atom. The average Bonchev–Trinajstić information content (AvgIpc) is 2.56. The molecular weight excluding hydrogens is 328 g/mol. The monoisotopic (exact) mass is 355 g/mol. The molecule has 5 nitrogen and oxygen atoms in total. The van der Waals surface area contributed by atoms with Crippen LogP contribution in [0.1, 0.15) is 35.3 Å². The molecule has 2 rings (SSSR count). The summed E-state index contributed by atoms with van der Waals surface area (Å²) in [5.41, 5.74) is 3.61. The van der Waals surface area contributed by atoms with Gasteiger partial charge >= 0.3 is 5.97 Å². The lowest BCUT2D eigenvalue weighted by Crippen LogP contribution is -3.08. The molecule has 0 bridgehead atoms. The van der Waals surface area contributed by atoms with E-state index >= 15 is 0 Å². The fourth-order valence-electron chi connectivity index (χ4n) is 2.65. The lowest BCUT2D eigenvalue weighted by molar-refractivity contribution is -0.885. The highest BCUT2D eigenvalue weighted by molar-refractivity contribution is 5.93. The van der Waals surface area contributed by atoms with Crippen molar-refractivity contribution in [3.05, 3.63) is 65.2 Å². The molecule has 0 aliphatic heterocycles. The minimum atomic E-state index is -0.361. The molecule has 2 aromatic carbocycles. The minimum absolute atomic E-state index is 0.0615. The fourth-order valence-corrected chi connectivity index (χ4v) is 2.65. The molecule has 0 aliphatic rings. The van der Waals surface area contributed by atoms with Crippen molar-refractivity contribution in [2.24, 2.45) is 0 Å². The van der Waals surface area contributed by atoms with Gasteiger partial charge in [-0.2, -0.15) is 0 Å². The number of nitrogens with one attached hydrogen (secondary N) is 2. The van der Waals surface area contributed by atoms with Crippen LogP contribution in [0.25, 0.3) is 0 Å². The number of esters is 1. The average molecular weight is 355 g/mol. The van der Waals surface area contributed by atoms with Gasteiger partial charge in [0.1, 0.15) is 6.54 Å². The molecule has 26 heavy (non-hydrogen) atoms. The van der Waals surface area contributed by atoms with Gasteiger partial charge in [0.05, 0.1) is 18.7 Å². The number of carbonyl (C=O) groups is 2. The van der Waals surface area contributed by atoms with Crippen LogP contribution in [0, 0.1) is 6.92 Å². The number of amides is 1. The van der Waals surface area contributed by atoms with Crippen molar-refractivity contribution >= 4 is 17.6 Å². The van der Waals surface area contributed by atoms with Gasteiger partial charge in [0.15, 0.2) is 6.54 Å². The van der Waals surface area contributed by atoms with Crippen molar-refractivity contribution in [3.8, 4) is 0 Å². The zero-order valence-electron chi connectivity index (χ0n) is 15.8. The second-order valence-electron chi connectivity index (χ2n) is 6.82. The summed E-state index contributed by atoms with van der Waals surface area (Å²) in [5, 5.41) is 2.87. The summed E-state index contributed by atoms with van der Waals surface area (Å²) in [6.07, 6.45) is -0.159. The maximum absolute atomic E-state index is 12.2. The molecule has 0 saturated carbocycles. The van der Waals surface area contributed by atoms with E-state index in [1.165, 1.54) is 11.1 Å². The van der Waals surface area contributed by atoms with Crippen LogP contribution in [0.2, 0.25) is 0 Å². The number of ether oxygens (including phenoxy) is 1. The molecule has 0 saturated heterocycles. The summed E-state index contributed by atoms with van der Waals surface area (Å²) in [6.45, 7) is 6.85. The Balaban J connectivity index is 1.87. The Morgan fingerprint density at radius 2 is 1.73 bits per heavy atom. The highest BCUT2D eigenvalue weighted by Gasteiger charge is 2.13. The summed E-state index contributed by atoms with van der Waals surface area (Å²) >= 11 is 0. The third kappa shape index (κ3) is 6.01. The van der Waals surface area contributed by atoms with Crippen LogP contribution < -0.4 is 10.2 Å². The fraction of sp³-hybridized carbons (Fsp3) is 0.333. The lowest BCUT2D eigenvalue weighted by atomic mass is 10.1. The predicted molar refractivity (Wildman–Crippen MR) is 102 cm³/mol. The summed E-state index contributed by atoms with van der Waals surface area (Å²) < 4.78 is 5.15. The first-order valence-electron chi connectivity index (χ1n) is 8.82. The number of hydrogen-bond donors (Lipinski definition) is 2. The molecule has 0 aliphatic carbocycles. The first-order chi connectivity index (χ1) is 12.3. The van der Waals surface area contributed by atoms with Gasteiger partial charge in [-0.25, -0.2) is 4.79 Å². The molecule has 0 heterocycles. The summed E-state index contributed by atoms with van der Waals surface area (Å²) in [4.78, 5) is 25.2. The Bertz CT molecular complexity index is 754. The van der Waals surface area contributed by atoms with Gasteiger partial charge in [-0.05, 0) is 50.6 Å². The van der Waals surface area contributed by atoms with Gasteiger partial charge in [-0.3, -0.25) is 4.79 Å². The smallest absolute Gasteiger partial charge is 0.338 e. The molecule has 2 N–H and O–H groups in total. The van der Waals surface area contributed by atoms with Crippen LogP contribution >= 0.6 is 0 Å². The molecule has 1 atom stereocenters. The maximum atomic E-state index is 12.2. The maximum Gasteiger partial charge on any atom is 0.338 e. The van der Waals surface area contributed by atoms with Crippen LogP contribution in [0.5, 0.6) is 0 Å². The zero-order valence-corrected chi connectivity index (χ0v) is 15.8. The highest BCUT2D eigenvalue weighted by Crippen LogP contribution is 2.11. The Hall–Kier alpha value is -2.66. The molecule has 5 heteroatoms. The first-order valence-corrected chi connectivity index (χ1v) is 8.82. The molecule has 138 valence electrons. The first kappa shape index (κ1) is 19.7. The van der Waals surface area contributed by atoms with Crippen LogP contribution in [0.3, 0.4) is 0 Å². The predicted octanol–water partition coefficient (Wildman–Crippen LogP) is 2.21. The molecule has 0 radical (unpaired) electrons. The summed E-state index contributed by atoms with van der Waals surface area (Å²) in [6, 6.07) is 14.9. The molecule has 0 aromatic heterocycles. The van der Waals surface area contributed by atoms with Gasteiger partial charge in [-0.15, -0.1) is 0 Å². The van der Waals surface area contributed by atoms with Gasteiger partial charge < -0.3 is 15.0 Å². The van der Waals surface area contributed by atoms with Crippen LogP contribution in [-0.2, 0) is 16.1 Å². The van der Waals surface area contributed by atoms with E-state index in [-0.39, 0.29) is 18.0 Å². The highest BCUT2D eigenvalue weighted by atomic mass is 16.5. The van der Waals surface area contributed by atoms with Crippen molar-refractivity contribution in [3.63, 3.8) is 0 Å². The van der Waals surface area contributed by atoms with Crippen molar-refractivity contribution in [1.29, 1.82) is 0 Å². The third-order valence-corrected chi connectivity index (χ3v) is 3.96. The molecule has 1 unspecified atom stereocenters. The van der Waals surface area contributed by atoms with Crippen molar-refractivity contribution in [2.75, 3.05) is 18.9 Å². The summed E-state index contributed by atoms with van der Waals surface area (Å²) in [7, 11) is 2.00. The lowest BCUT2D eigenvalue weighted by Gasteiger charge is -2.15. The molecular formula is C21H27N2O3+. The quantitative estimate of drug-likeness (QED) is 0.749. The van der Waals surface area contributed by atoms with Gasteiger partial charge in [-0.1, -0.05) is 24.3 Å². The standard InChI is InChI=1S/C21H26N2O3/c1-15(2)26-21(25)17-9-11-19(12-10-17)22-20(24)14-23(4)13-18-8-6-5-7-16(18)3/h5-12,15H,13-14H2,1-4H3,(H,22,24)/p+1. The van der Waals surface area contributed by atoms with E-state index in [0.29, 0.717) is 17.8 Å². The molecule has 2 aromatic rings. The Kier molecular flexibility index (Phi) is 6.92. The number of hydrogen-bond acceptors (Lipinski definition) is 3. The largest absolute Gasteiger partial charge is 0.459 e. The summed E-state index contributed by atoms with van der Waals surface area (Å²) in [5.74, 6) is -0.422. The number of likely N-dealkylation sites (N-methyl/N-ethyl adjacent to an activating group) is 1.